The van der Waals surface area contributed by atoms with Gasteiger partial charge in [-0.1, -0.05) is 48.5 Å². The first-order chi connectivity index (χ1) is 11.3. The Balaban J connectivity index is 2.26. The Morgan fingerprint density at radius 3 is 2.21 bits per heavy atom. The van der Waals surface area contributed by atoms with Gasteiger partial charge in [0, 0.05) is 0 Å². The Morgan fingerprint density at radius 2 is 1.62 bits per heavy atom. The van der Waals surface area contributed by atoms with Crippen LogP contribution in [0.25, 0.3) is 11.1 Å². The van der Waals surface area contributed by atoms with Gasteiger partial charge in [-0.15, -0.1) is 0 Å². The number of carbonyl (C=O) groups excluding carboxylic acids is 1. The Hall–Kier alpha value is -2.82. The number of carbonyl (C=O) groups is 2. The summed E-state index contributed by atoms with van der Waals surface area (Å²) >= 11 is 0. The summed E-state index contributed by atoms with van der Waals surface area (Å²) in [5, 5.41) is 11.9. The standard InChI is InChI=1S/C19H21NO4/c1-19(2,3)24-18(23)20-16(17(21)22)15-11-7-10-14(12-15)13-8-5-4-6-9-13/h4-12,16H,1-3H3,(H,20,23)(H,21,22). The van der Waals surface area contributed by atoms with Crippen LogP contribution in [0.5, 0.6) is 0 Å². The topological polar surface area (TPSA) is 75.6 Å². The molecule has 2 N–H and O–H groups in total. The van der Waals surface area contributed by atoms with Crippen molar-refractivity contribution in [1.29, 1.82) is 0 Å². The van der Waals surface area contributed by atoms with Gasteiger partial charge >= 0.3 is 12.1 Å². The van der Waals surface area contributed by atoms with E-state index in [1.165, 1.54) is 0 Å². The van der Waals surface area contributed by atoms with E-state index in [-0.39, 0.29) is 0 Å². The van der Waals surface area contributed by atoms with Crippen molar-refractivity contribution in [3.05, 3.63) is 60.2 Å². The van der Waals surface area contributed by atoms with Crippen LogP contribution in [0.4, 0.5) is 4.79 Å². The highest BCUT2D eigenvalue weighted by Crippen LogP contribution is 2.23. The first-order valence-corrected chi connectivity index (χ1v) is 7.64. The minimum Gasteiger partial charge on any atom is -0.479 e. The van der Waals surface area contributed by atoms with Gasteiger partial charge in [0.15, 0.2) is 6.04 Å². The molecule has 2 rings (SSSR count). The molecule has 0 heterocycles. The number of carboxylic acid groups (broad SMARTS) is 1. The van der Waals surface area contributed by atoms with E-state index in [4.69, 9.17) is 4.74 Å². The van der Waals surface area contributed by atoms with Gasteiger partial charge in [-0.05, 0) is 43.5 Å². The highest BCUT2D eigenvalue weighted by Gasteiger charge is 2.25. The number of benzene rings is 2. The van der Waals surface area contributed by atoms with E-state index in [0.29, 0.717) is 5.56 Å². The summed E-state index contributed by atoms with van der Waals surface area (Å²) in [5.74, 6) is -1.15. The van der Waals surface area contributed by atoms with Gasteiger partial charge in [0.05, 0.1) is 0 Å². The average molecular weight is 327 g/mol. The van der Waals surface area contributed by atoms with E-state index in [0.717, 1.165) is 11.1 Å². The smallest absolute Gasteiger partial charge is 0.408 e. The fraction of sp³-hybridized carbons (Fsp3) is 0.263. The maximum Gasteiger partial charge on any atom is 0.408 e. The van der Waals surface area contributed by atoms with Gasteiger partial charge in [-0.3, -0.25) is 0 Å². The second-order valence-corrected chi connectivity index (χ2v) is 6.41. The van der Waals surface area contributed by atoms with Crippen LogP contribution in [0.2, 0.25) is 0 Å². The molecule has 2 aromatic carbocycles. The van der Waals surface area contributed by atoms with Crippen molar-refractivity contribution < 1.29 is 19.4 Å². The zero-order valence-electron chi connectivity index (χ0n) is 13.9. The van der Waals surface area contributed by atoms with E-state index < -0.39 is 23.7 Å². The third-order valence-corrected chi connectivity index (χ3v) is 3.24. The van der Waals surface area contributed by atoms with Gasteiger partial charge in [0.25, 0.3) is 0 Å². The molecule has 2 aromatic rings. The molecule has 0 saturated heterocycles. The van der Waals surface area contributed by atoms with Crippen molar-refractivity contribution in [2.24, 2.45) is 0 Å². The quantitative estimate of drug-likeness (QED) is 0.890. The molecule has 5 heteroatoms. The van der Waals surface area contributed by atoms with E-state index in [1.807, 2.05) is 36.4 Å². The number of hydrogen-bond acceptors (Lipinski definition) is 3. The Morgan fingerprint density at radius 1 is 1.00 bits per heavy atom. The van der Waals surface area contributed by atoms with E-state index in [1.54, 1.807) is 39.0 Å². The molecule has 0 fully saturated rings. The predicted octanol–water partition coefficient (Wildman–Crippen LogP) is 4.00. The molecule has 5 nitrogen and oxygen atoms in total. The van der Waals surface area contributed by atoms with Crippen molar-refractivity contribution in [3.8, 4) is 11.1 Å². The first-order valence-electron chi connectivity index (χ1n) is 7.64. The van der Waals surface area contributed by atoms with Gasteiger partial charge in [-0.2, -0.15) is 0 Å². The molecular formula is C19H21NO4. The lowest BCUT2D eigenvalue weighted by Gasteiger charge is -2.22. The number of hydrogen-bond donors (Lipinski definition) is 2. The minimum absolute atomic E-state index is 0.481. The summed E-state index contributed by atoms with van der Waals surface area (Å²) < 4.78 is 5.14. The van der Waals surface area contributed by atoms with Gasteiger partial charge in [0.2, 0.25) is 0 Å². The van der Waals surface area contributed by atoms with Crippen LogP contribution < -0.4 is 5.32 Å². The molecule has 1 amide bonds. The number of ether oxygens (including phenoxy) is 1. The van der Waals surface area contributed by atoms with Crippen molar-refractivity contribution in [2.45, 2.75) is 32.4 Å². The molecule has 0 aliphatic carbocycles. The van der Waals surface area contributed by atoms with Gasteiger partial charge < -0.3 is 15.2 Å². The second kappa shape index (κ2) is 7.17. The number of alkyl carbamates (subject to hydrolysis) is 1. The number of rotatable bonds is 4. The Bertz CT molecular complexity index is 720. The predicted molar refractivity (Wildman–Crippen MR) is 91.6 cm³/mol. The highest BCUT2D eigenvalue weighted by atomic mass is 16.6. The molecule has 0 spiro atoms. The summed E-state index contributed by atoms with van der Waals surface area (Å²) in [6.07, 6.45) is -0.764. The molecular weight excluding hydrogens is 306 g/mol. The van der Waals surface area contributed by atoms with Crippen molar-refractivity contribution in [1.82, 2.24) is 5.32 Å². The molecule has 0 aliphatic heterocycles. The summed E-state index contributed by atoms with van der Waals surface area (Å²) in [4.78, 5) is 23.5. The third kappa shape index (κ3) is 4.84. The van der Waals surface area contributed by atoms with Gasteiger partial charge in [0.1, 0.15) is 5.60 Å². The molecule has 0 aromatic heterocycles. The largest absolute Gasteiger partial charge is 0.479 e. The van der Waals surface area contributed by atoms with E-state index in [2.05, 4.69) is 5.32 Å². The maximum atomic E-state index is 11.9. The molecule has 1 atom stereocenters. The van der Waals surface area contributed by atoms with Crippen LogP contribution in [0, 0.1) is 0 Å². The number of aliphatic carboxylic acids is 1. The van der Waals surface area contributed by atoms with E-state index >= 15 is 0 Å². The normalized spacial score (nSPS) is 12.3. The van der Waals surface area contributed by atoms with Crippen LogP contribution in [0.3, 0.4) is 0 Å². The summed E-state index contributed by atoms with van der Waals surface area (Å²) in [5.41, 5.74) is 1.64. The molecule has 0 bridgehead atoms. The van der Waals surface area contributed by atoms with Crippen molar-refractivity contribution in [2.75, 3.05) is 0 Å². The number of nitrogens with one attached hydrogen (secondary N) is 1. The SMILES string of the molecule is CC(C)(C)OC(=O)NC(C(=O)O)c1cccc(-c2ccccc2)c1. The highest BCUT2D eigenvalue weighted by molar-refractivity contribution is 5.82. The van der Waals surface area contributed by atoms with Crippen LogP contribution in [-0.2, 0) is 9.53 Å². The lowest BCUT2D eigenvalue weighted by Crippen LogP contribution is -2.38. The second-order valence-electron chi connectivity index (χ2n) is 6.41. The lowest BCUT2D eigenvalue weighted by molar-refractivity contribution is -0.139. The first kappa shape index (κ1) is 17.5. The zero-order valence-corrected chi connectivity index (χ0v) is 13.9. The minimum atomic E-state index is -1.18. The number of amides is 1. The van der Waals surface area contributed by atoms with Crippen molar-refractivity contribution in [3.63, 3.8) is 0 Å². The van der Waals surface area contributed by atoms with Crippen LogP contribution in [0.15, 0.2) is 54.6 Å². The lowest BCUT2D eigenvalue weighted by atomic mass is 9.99. The fourth-order valence-electron chi connectivity index (χ4n) is 2.24. The molecule has 126 valence electrons. The van der Waals surface area contributed by atoms with E-state index in [9.17, 15) is 14.7 Å². The molecule has 0 saturated carbocycles. The molecule has 1 unspecified atom stereocenters. The van der Waals surface area contributed by atoms with Crippen molar-refractivity contribution >= 4 is 12.1 Å². The maximum absolute atomic E-state index is 11.9. The Labute approximate surface area is 141 Å². The van der Waals surface area contributed by atoms with Gasteiger partial charge in [-0.25, -0.2) is 9.59 Å². The van der Waals surface area contributed by atoms with Crippen LogP contribution in [0.1, 0.15) is 32.4 Å². The summed E-state index contributed by atoms with van der Waals surface area (Å²) in [6, 6.07) is 15.5. The Kier molecular flexibility index (Phi) is 5.24. The molecule has 24 heavy (non-hydrogen) atoms. The average Bonchev–Trinajstić information content (AvgIpc) is 2.52. The van der Waals surface area contributed by atoms with Crippen LogP contribution >= 0.6 is 0 Å². The zero-order chi connectivity index (χ0) is 17.7. The summed E-state index contributed by atoms with van der Waals surface area (Å²) in [6.45, 7) is 5.16. The van der Waals surface area contributed by atoms with Crippen LogP contribution in [-0.4, -0.2) is 22.8 Å². The monoisotopic (exact) mass is 327 g/mol. The number of carboxylic acids is 1. The fourth-order valence-corrected chi connectivity index (χ4v) is 2.24. The third-order valence-electron chi connectivity index (χ3n) is 3.24. The molecule has 0 aliphatic rings. The summed E-state index contributed by atoms with van der Waals surface area (Å²) in [7, 11) is 0. The molecule has 0 radical (unpaired) electrons.